The fraction of sp³-hybridized carbons (Fsp3) is 0.143. The molecule has 0 radical (unpaired) electrons. The Bertz CT molecular complexity index is 775. The second-order valence-electron chi connectivity index (χ2n) is 4.16. The van der Waals surface area contributed by atoms with Crippen LogP contribution in [0.2, 0.25) is 5.02 Å². The van der Waals surface area contributed by atoms with Crippen LogP contribution in [0.5, 0.6) is 11.5 Å². The molecule has 1 aromatic heterocycles. The number of hydrogen-bond donors (Lipinski definition) is 2. The minimum Gasteiger partial charge on any atom is -0.503 e. The van der Waals surface area contributed by atoms with Gasteiger partial charge in [-0.25, -0.2) is 0 Å². The largest absolute Gasteiger partial charge is 0.503 e. The van der Waals surface area contributed by atoms with Crippen LogP contribution in [0.15, 0.2) is 23.0 Å². The van der Waals surface area contributed by atoms with E-state index in [1.54, 1.807) is 19.1 Å². The molecule has 0 fully saturated rings. The van der Waals surface area contributed by atoms with Gasteiger partial charge < -0.3 is 14.8 Å². The zero-order valence-corrected chi connectivity index (χ0v) is 11.6. The summed E-state index contributed by atoms with van der Waals surface area (Å²) in [5.41, 5.74) is 0.818. The van der Waals surface area contributed by atoms with Gasteiger partial charge in [0.1, 0.15) is 11.6 Å². The predicted molar refractivity (Wildman–Crippen MR) is 75.2 cm³/mol. The number of pyridine rings is 1. The molecule has 1 heterocycles. The molecule has 0 aliphatic carbocycles. The monoisotopic (exact) mass is 290 g/mol. The maximum Gasteiger partial charge on any atom is 0.266 e. The van der Waals surface area contributed by atoms with E-state index in [9.17, 15) is 9.90 Å². The van der Waals surface area contributed by atoms with Gasteiger partial charge in [0.15, 0.2) is 11.5 Å². The molecule has 1 aromatic carbocycles. The van der Waals surface area contributed by atoms with Crippen molar-refractivity contribution in [3.63, 3.8) is 0 Å². The topological polar surface area (TPSA) is 86.1 Å². The first kappa shape index (κ1) is 14.0. The first-order valence-corrected chi connectivity index (χ1v) is 6.07. The van der Waals surface area contributed by atoms with Crippen molar-refractivity contribution in [2.75, 3.05) is 7.11 Å². The van der Waals surface area contributed by atoms with Crippen LogP contribution in [0.1, 0.15) is 11.3 Å². The van der Waals surface area contributed by atoms with Crippen LogP contribution in [0.3, 0.4) is 0 Å². The lowest BCUT2D eigenvalue weighted by Gasteiger charge is -2.11. The van der Waals surface area contributed by atoms with Crippen molar-refractivity contribution < 1.29 is 9.84 Å². The molecule has 2 rings (SSSR count). The molecule has 20 heavy (non-hydrogen) atoms. The summed E-state index contributed by atoms with van der Waals surface area (Å²) in [5.74, 6) is -0.00712. The maximum absolute atomic E-state index is 11.8. The highest BCUT2D eigenvalue weighted by Crippen LogP contribution is 2.41. The van der Waals surface area contributed by atoms with Gasteiger partial charge in [-0.2, -0.15) is 5.26 Å². The number of aryl methyl sites for hydroxylation is 1. The molecule has 0 spiro atoms. The number of methoxy groups -OCH3 is 1. The van der Waals surface area contributed by atoms with E-state index in [0.717, 1.165) is 0 Å². The molecule has 5 nitrogen and oxygen atoms in total. The number of nitriles is 1. The molecule has 0 unspecified atom stereocenters. The summed E-state index contributed by atoms with van der Waals surface area (Å²) in [6.45, 7) is 1.70. The van der Waals surface area contributed by atoms with Gasteiger partial charge in [-0.15, -0.1) is 0 Å². The van der Waals surface area contributed by atoms with E-state index in [2.05, 4.69) is 4.98 Å². The van der Waals surface area contributed by atoms with Crippen molar-refractivity contribution in [1.82, 2.24) is 4.98 Å². The van der Waals surface area contributed by atoms with Gasteiger partial charge in [-0.1, -0.05) is 11.6 Å². The van der Waals surface area contributed by atoms with Crippen molar-refractivity contribution in [3.05, 3.63) is 44.8 Å². The highest BCUT2D eigenvalue weighted by atomic mass is 35.5. The van der Waals surface area contributed by atoms with Crippen LogP contribution >= 0.6 is 11.6 Å². The second-order valence-corrected chi connectivity index (χ2v) is 4.54. The molecule has 0 saturated carbocycles. The first-order chi connectivity index (χ1) is 9.49. The number of halogens is 1. The minimum absolute atomic E-state index is 0.0332. The van der Waals surface area contributed by atoms with Crippen LogP contribution in [0, 0.1) is 18.3 Å². The average molecular weight is 291 g/mol. The van der Waals surface area contributed by atoms with Gasteiger partial charge in [0, 0.05) is 16.8 Å². The van der Waals surface area contributed by atoms with Gasteiger partial charge >= 0.3 is 0 Å². The number of aromatic hydroxyl groups is 1. The molecule has 0 aliphatic rings. The number of benzene rings is 1. The Hall–Kier alpha value is -2.45. The van der Waals surface area contributed by atoms with Crippen molar-refractivity contribution in [2.45, 2.75) is 6.92 Å². The third-order valence-corrected chi connectivity index (χ3v) is 3.25. The van der Waals surface area contributed by atoms with E-state index < -0.39 is 5.56 Å². The summed E-state index contributed by atoms with van der Waals surface area (Å²) in [7, 11) is 1.41. The normalized spacial score (nSPS) is 10.1. The van der Waals surface area contributed by atoms with E-state index in [1.165, 1.54) is 13.2 Å². The highest BCUT2D eigenvalue weighted by molar-refractivity contribution is 6.35. The molecule has 0 atom stereocenters. The number of hydrogen-bond acceptors (Lipinski definition) is 4. The van der Waals surface area contributed by atoms with Crippen molar-refractivity contribution in [3.8, 4) is 28.7 Å². The number of aromatic nitrogens is 1. The van der Waals surface area contributed by atoms with E-state index in [4.69, 9.17) is 21.6 Å². The molecule has 6 heteroatoms. The minimum atomic E-state index is -0.492. The van der Waals surface area contributed by atoms with Crippen molar-refractivity contribution >= 4 is 11.6 Å². The highest BCUT2D eigenvalue weighted by Gasteiger charge is 2.17. The van der Waals surface area contributed by atoms with Crippen LogP contribution in [0.4, 0.5) is 0 Å². The zero-order valence-electron chi connectivity index (χ0n) is 10.8. The summed E-state index contributed by atoms with van der Waals surface area (Å²) in [6, 6.07) is 6.60. The molecule has 102 valence electrons. The Balaban J connectivity index is 2.79. The van der Waals surface area contributed by atoms with E-state index in [-0.39, 0.29) is 22.1 Å². The lowest BCUT2D eigenvalue weighted by Crippen LogP contribution is -2.12. The Morgan fingerprint density at radius 1 is 1.40 bits per heavy atom. The van der Waals surface area contributed by atoms with Gasteiger partial charge in [0.05, 0.1) is 12.1 Å². The smallest absolute Gasteiger partial charge is 0.266 e. The Labute approximate surface area is 120 Å². The summed E-state index contributed by atoms with van der Waals surface area (Å²) in [4.78, 5) is 14.3. The number of phenolic OH excluding ortho intramolecular Hbond substituents is 1. The van der Waals surface area contributed by atoms with Crippen LogP contribution in [-0.4, -0.2) is 17.2 Å². The molecule has 2 N–H and O–H groups in total. The average Bonchev–Trinajstić information content (AvgIpc) is 2.41. The second kappa shape index (κ2) is 5.27. The Morgan fingerprint density at radius 2 is 2.10 bits per heavy atom. The fourth-order valence-corrected chi connectivity index (χ4v) is 2.19. The predicted octanol–water partition coefficient (Wildman–Crippen LogP) is 2.59. The fourth-order valence-electron chi connectivity index (χ4n) is 1.93. The summed E-state index contributed by atoms with van der Waals surface area (Å²) < 4.78 is 4.95. The number of nitrogens with zero attached hydrogens (tertiary/aromatic N) is 1. The van der Waals surface area contributed by atoms with Crippen LogP contribution in [0.25, 0.3) is 11.1 Å². The third kappa shape index (κ3) is 2.22. The number of aromatic amines is 1. The van der Waals surface area contributed by atoms with Crippen LogP contribution in [-0.2, 0) is 0 Å². The summed E-state index contributed by atoms with van der Waals surface area (Å²) >= 11 is 6.09. The Morgan fingerprint density at radius 3 is 2.70 bits per heavy atom. The molecule has 0 saturated heterocycles. The van der Waals surface area contributed by atoms with E-state index in [1.807, 2.05) is 6.07 Å². The summed E-state index contributed by atoms with van der Waals surface area (Å²) in [5, 5.41) is 19.1. The number of phenols is 1. The SMILES string of the molecule is COc1ccc(-c2cc(C)[nH]c(=O)c2C#N)c(Cl)c1O. The summed E-state index contributed by atoms with van der Waals surface area (Å²) in [6.07, 6.45) is 0. The first-order valence-electron chi connectivity index (χ1n) is 5.69. The van der Waals surface area contributed by atoms with E-state index in [0.29, 0.717) is 16.8 Å². The molecule has 0 aliphatic heterocycles. The lowest BCUT2D eigenvalue weighted by atomic mass is 10.0. The van der Waals surface area contributed by atoms with Crippen LogP contribution < -0.4 is 10.3 Å². The van der Waals surface area contributed by atoms with Crippen molar-refractivity contribution in [1.29, 1.82) is 5.26 Å². The molecule has 0 bridgehead atoms. The number of rotatable bonds is 2. The van der Waals surface area contributed by atoms with E-state index >= 15 is 0 Å². The number of H-pyrrole nitrogens is 1. The number of ether oxygens (including phenoxy) is 1. The van der Waals surface area contributed by atoms with Gasteiger partial charge in [0.2, 0.25) is 0 Å². The molecule has 0 amide bonds. The number of nitrogens with one attached hydrogen (secondary N) is 1. The molecule has 2 aromatic rings. The zero-order chi connectivity index (χ0) is 14.9. The third-order valence-electron chi connectivity index (χ3n) is 2.87. The van der Waals surface area contributed by atoms with Crippen molar-refractivity contribution in [2.24, 2.45) is 0 Å². The molecular weight excluding hydrogens is 280 g/mol. The van der Waals surface area contributed by atoms with Gasteiger partial charge in [0.25, 0.3) is 5.56 Å². The lowest BCUT2D eigenvalue weighted by molar-refractivity contribution is 0.374. The van der Waals surface area contributed by atoms with Gasteiger partial charge in [-0.3, -0.25) is 4.79 Å². The standard InChI is InChI=1S/C14H11ClN2O3/c1-7-5-9(10(6-16)14(19)17-7)8-3-4-11(20-2)13(18)12(8)15/h3-5,18H,1-2H3,(H,17,19). The Kier molecular flexibility index (Phi) is 3.68. The maximum atomic E-state index is 11.8. The quantitative estimate of drug-likeness (QED) is 0.890. The van der Waals surface area contributed by atoms with Gasteiger partial charge in [-0.05, 0) is 25.1 Å². The molecular formula is C14H11ClN2O3.